The van der Waals surface area contributed by atoms with Gasteiger partial charge in [0.15, 0.2) is 5.96 Å². The Morgan fingerprint density at radius 3 is 2.79 bits per heavy atom. The fourth-order valence-electron chi connectivity index (χ4n) is 2.14. The standard InChI is InChI=1S/C19H26N4O/c1-4-20-19(23-15(2)3)22-13-16-8-7-10-18(12-16)24-14-17-9-5-6-11-21-17/h5-12,15H,4,13-14H2,1-3H3,(H2,20,22,23). The molecule has 0 fully saturated rings. The van der Waals surface area contributed by atoms with Crippen LogP contribution in [0.1, 0.15) is 32.0 Å². The molecule has 0 saturated carbocycles. The van der Waals surface area contributed by atoms with Gasteiger partial charge in [-0.15, -0.1) is 0 Å². The van der Waals surface area contributed by atoms with E-state index in [1.165, 1.54) is 0 Å². The number of rotatable bonds is 7. The monoisotopic (exact) mass is 326 g/mol. The number of hydrogen-bond acceptors (Lipinski definition) is 3. The van der Waals surface area contributed by atoms with E-state index in [-0.39, 0.29) is 0 Å². The summed E-state index contributed by atoms with van der Waals surface area (Å²) in [5.74, 6) is 1.66. The Bertz CT molecular complexity index is 641. The number of hydrogen-bond donors (Lipinski definition) is 2. The van der Waals surface area contributed by atoms with Gasteiger partial charge < -0.3 is 15.4 Å². The van der Waals surface area contributed by atoms with Gasteiger partial charge in [0.05, 0.1) is 12.2 Å². The lowest BCUT2D eigenvalue weighted by molar-refractivity contribution is 0.301. The van der Waals surface area contributed by atoms with Crippen molar-refractivity contribution < 1.29 is 4.74 Å². The molecule has 0 amide bonds. The molecule has 0 atom stereocenters. The zero-order valence-corrected chi connectivity index (χ0v) is 14.6. The van der Waals surface area contributed by atoms with E-state index in [1.807, 2.05) is 36.4 Å². The van der Waals surface area contributed by atoms with E-state index >= 15 is 0 Å². The Morgan fingerprint density at radius 2 is 2.08 bits per heavy atom. The molecule has 0 saturated heterocycles. The average molecular weight is 326 g/mol. The number of pyridine rings is 1. The smallest absolute Gasteiger partial charge is 0.191 e. The molecular weight excluding hydrogens is 300 g/mol. The van der Waals surface area contributed by atoms with Gasteiger partial charge in [0.25, 0.3) is 0 Å². The second-order valence-corrected chi connectivity index (χ2v) is 5.75. The molecule has 0 bridgehead atoms. The molecule has 1 aromatic carbocycles. The van der Waals surface area contributed by atoms with Crippen LogP contribution in [0.3, 0.4) is 0 Å². The van der Waals surface area contributed by atoms with Crippen molar-refractivity contribution in [2.75, 3.05) is 6.54 Å². The van der Waals surface area contributed by atoms with Crippen LogP contribution in [0.25, 0.3) is 0 Å². The molecule has 0 unspecified atom stereocenters. The van der Waals surface area contributed by atoms with E-state index in [9.17, 15) is 0 Å². The molecule has 2 N–H and O–H groups in total. The van der Waals surface area contributed by atoms with Crippen LogP contribution in [-0.4, -0.2) is 23.5 Å². The molecule has 0 aliphatic rings. The van der Waals surface area contributed by atoms with Gasteiger partial charge in [-0.2, -0.15) is 0 Å². The molecule has 0 aliphatic carbocycles. The summed E-state index contributed by atoms with van der Waals surface area (Å²) in [6.07, 6.45) is 1.77. The topological polar surface area (TPSA) is 58.5 Å². The van der Waals surface area contributed by atoms with Gasteiger partial charge in [0.1, 0.15) is 12.4 Å². The lowest BCUT2D eigenvalue weighted by Crippen LogP contribution is -2.40. The zero-order valence-electron chi connectivity index (χ0n) is 14.6. The number of nitrogens with zero attached hydrogens (tertiary/aromatic N) is 2. The highest BCUT2D eigenvalue weighted by atomic mass is 16.5. The number of nitrogens with one attached hydrogen (secondary N) is 2. The summed E-state index contributed by atoms with van der Waals surface area (Å²) in [4.78, 5) is 8.87. The van der Waals surface area contributed by atoms with E-state index in [2.05, 4.69) is 47.4 Å². The third kappa shape index (κ3) is 6.28. The Balaban J connectivity index is 1.96. The van der Waals surface area contributed by atoms with E-state index in [0.717, 1.165) is 29.5 Å². The van der Waals surface area contributed by atoms with Gasteiger partial charge >= 0.3 is 0 Å². The van der Waals surface area contributed by atoms with E-state index in [4.69, 9.17) is 4.74 Å². The molecule has 0 spiro atoms. The number of benzene rings is 1. The minimum absolute atomic E-state index is 0.343. The van der Waals surface area contributed by atoms with Crippen LogP contribution in [0.15, 0.2) is 53.7 Å². The fraction of sp³-hybridized carbons (Fsp3) is 0.368. The van der Waals surface area contributed by atoms with Gasteiger partial charge in [-0.25, -0.2) is 4.99 Å². The summed E-state index contributed by atoms with van der Waals surface area (Å²) >= 11 is 0. The maximum atomic E-state index is 5.81. The minimum Gasteiger partial charge on any atom is -0.487 e. The molecule has 0 aliphatic heterocycles. The first-order chi connectivity index (χ1) is 11.7. The molecule has 2 aromatic rings. The SMILES string of the molecule is CCNC(=NCc1cccc(OCc2ccccn2)c1)NC(C)C. The second kappa shape index (κ2) is 9.55. The van der Waals surface area contributed by atoms with Crippen molar-refractivity contribution in [3.63, 3.8) is 0 Å². The lowest BCUT2D eigenvalue weighted by atomic mass is 10.2. The summed E-state index contributed by atoms with van der Waals surface area (Å²) in [6, 6.07) is 14.2. The molecule has 128 valence electrons. The van der Waals surface area contributed by atoms with Crippen molar-refractivity contribution in [2.45, 2.75) is 40.0 Å². The summed E-state index contributed by atoms with van der Waals surface area (Å²) in [7, 11) is 0. The van der Waals surface area contributed by atoms with Gasteiger partial charge in [0.2, 0.25) is 0 Å². The molecule has 1 aromatic heterocycles. The van der Waals surface area contributed by atoms with E-state index in [1.54, 1.807) is 6.20 Å². The van der Waals surface area contributed by atoms with Gasteiger partial charge in [-0.05, 0) is 50.6 Å². The Kier molecular flexibility index (Phi) is 7.08. The molecule has 2 rings (SSSR count). The van der Waals surface area contributed by atoms with Crippen molar-refractivity contribution in [1.82, 2.24) is 15.6 Å². The van der Waals surface area contributed by atoms with Crippen LogP contribution >= 0.6 is 0 Å². The normalized spacial score (nSPS) is 11.4. The number of guanidine groups is 1. The predicted molar refractivity (Wildman–Crippen MR) is 98.1 cm³/mol. The van der Waals surface area contributed by atoms with Crippen molar-refractivity contribution in [2.24, 2.45) is 4.99 Å². The van der Waals surface area contributed by atoms with Crippen LogP contribution in [-0.2, 0) is 13.2 Å². The molecule has 5 heteroatoms. The highest BCUT2D eigenvalue weighted by Gasteiger charge is 2.01. The summed E-state index contributed by atoms with van der Waals surface area (Å²) < 4.78 is 5.81. The third-order valence-electron chi connectivity index (χ3n) is 3.20. The molecular formula is C19H26N4O. The molecule has 1 heterocycles. The second-order valence-electron chi connectivity index (χ2n) is 5.75. The summed E-state index contributed by atoms with van der Waals surface area (Å²) in [5, 5.41) is 6.56. The summed E-state index contributed by atoms with van der Waals surface area (Å²) in [5.41, 5.74) is 2.02. The first-order valence-electron chi connectivity index (χ1n) is 8.34. The first-order valence-corrected chi connectivity index (χ1v) is 8.34. The third-order valence-corrected chi connectivity index (χ3v) is 3.20. The predicted octanol–water partition coefficient (Wildman–Crippen LogP) is 3.12. The number of aliphatic imine (C=N–C) groups is 1. The highest BCUT2D eigenvalue weighted by molar-refractivity contribution is 5.79. The van der Waals surface area contributed by atoms with Crippen LogP contribution < -0.4 is 15.4 Å². The molecule has 5 nitrogen and oxygen atoms in total. The lowest BCUT2D eigenvalue weighted by Gasteiger charge is -2.14. The number of aromatic nitrogens is 1. The molecule has 24 heavy (non-hydrogen) atoms. The van der Waals surface area contributed by atoms with Crippen molar-refractivity contribution >= 4 is 5.96 Å². The van der Waals surface area contributed by atoms with Crippen LogP contribution in [0.5, 0.6) is 5.75 Å². The van der Waals surface area contributed by atoms with Gasteiger partial charge in [0, 0.05) is 18.8 Å². The maximum absolute atomic E-state index is 5.81. The Hall–Kier alpha value is -2.56. The van der Waals surface area contributed by atoms with Crippen molar-refractivity contribution in [3.8, 4) is 5.75 Å². The van der Waals surface area contributed by atoms with Crippen molar-refractivity contribution in [1.29, 1.82) is 0 Å². The van der Waals surface area contributed by atoms with Crippen LogP contribution in [0.2, 0.25) is 0 Å². The average Bonchev–Trinajstić information content (AvgIpc) is 2.59. The van der Waals surface area contributed by atoms with Gasteiger partial charge in [-0.1, -0.05) is 18.2 Å². The Morgan fingerprint density at radius 1 is 1.21 bits per heavy atom. The summed E-state index contributed by atoms with van der Waals surface area (Å²) in [6.45, 7) is 8.15. The first kappa shape index (κ1) is 17.8. The van der Waals surface area contributed by atoms with Crippen molar-refractivity contribution in [3.05, 3.63) is 59.9 Å². The zero-order chi connectivity index (χ0) is 17.2. The maximum Gasteiger partial charge on any atom is 0.191 e. The minimum atomic E-state index is 0.343. The van der Waals surface area contributed by atoms with Crippen LogP contribution in [0, 0.1) is 0 Å². The number of ether oxygens (including phenoxy) is 1. The largest absolute Gasteiger partial charge is 0.487 e. The van der Waals surface area contributed by atoms with E-state index in [0.29, 0.717) is 19.2 Å². The van der Waals surface area contributed by atoms with Crippen LogP contribution in [0.4, 0.5) is 0 Å². The van der Waals surface area contributed by atoms with E-state index < -0.39 is 0 Å². The Labute approximate surface area is 144 Å². The quantitative estimate of drug-likeness (QED) is 0.606. The fourth-order valence-corrected chi connectivity index (χ4v) is 2.14. The molecule has 0 radical (unpaired) electrons. The highest BCUT2D eigenvalue weighted by Crippen LogP contribution is 2.15. The van der Waals surface area contributed by atoms with Gasteiger partial charge in [-0.3, -0.25) is 4.98 Å².